The number of amides is 2. The lowest BCUT2D eigenvalue weighted by Gasteiger charge is -2.26. The van der Waals surface area contributed by atoms with Gasteiger partial charge in [-0.05, 0) is 11.8 Å². The minimum Gasteiger partial charge on any atom is -0.342 e. The van der Waals surface area contributed by atoms with Gasteiger partial charge in [-0.25, -0.2) is 0 Å². The highest BCUT2D eigenvalue weighted by Gasteiger charge is 2.44. The minimum absolute atomic E-state index is 0.00791. The Morgan fingerprint density at radius 1 is 1.63 bits per heavy atom. The molecule has 6 nitrogen and oxygen atoms in total. The molecule has 6 heteroatoms. The fourth-order valence-corrected chi connectivity index (χ4v) is 2.21. The third-order valence-corrected chi connectivity index (χ3v) is 3.13. The number of carbonyl (C=O) groups is 2. The van der Waals surface area contributed by atoms with Crippen LogP contribution in [0.2, 0.25) is 0 Å². The zero-order chi connectivity index (χ0) is 14.8. The Balaban J connectivity index is 2.71. The van der Waals surface area contributed by atoms with E-state index in [1.54, 1.807) is 7.05 Å². The molecule has 2 amide bonds. The Morgan fingerprint density at radius 2 is 2.21 bits per heavy atom. The van der Waals surface area contributed by atoms with Gasteiger partial charge < -0.3 is 16.0 Å². The summed E-state index contributed by atoms with van der Waals surface area (Å²) in [6, 6.07) is 1.36. The van der Waals surface area contributed by atoms with Crippen LogP contribution in [-0.4, -0.2) is 41.9 Å². The molecule has 1 heterocycles. The molecule has 0 aromatic rings. The van der Waals surface area contributed by atoms with Crippen LogP contribution in [0.25, 0.3) is 0 Å². The van der Waals surface area contributed by atoms with Crippen LogP contribution in [0, 0.1) is 16.7 Å². The zero-order valence-corrected chi connectivity index (χ0v) is 12.0. The Bertz CT molecular complexity index is 421. The van der Waals surface area contributed by atoms with Crippen molar-refractivity contribution >= 4 is 11.8 Å². The SMILES string of the molecule is CN1CC(C#N)(NC(=O)C(N)CC(C)(C)C)CC1=O. The molecule has 0 aromatic heterocycles. The predicted molar refractivity (Wildman–Crippen MR) is 70.8 cm³/mol. The normalized spacial score (nSPS) is 25.1. The van der Waals surface area contributed by atoms with E-state index in [1.165, 1.54) is 4.90 Å². The topological polar surface area (TPSA) is 99.2 Å². The Hall–Kier alpha value is -1.61. The molecule has 0 aromatic carbocycles. The minimum atomic E-state index is -1.14. The molecule has 1 aliphatic rings. The first-order chi connectivity index (χ1) is 8.58. The standard InChI is InChI=1S/C13H22N4O2/c1-12(2,3)5-9(15)11(19)16-13(7-14)6-10(18)17(4)8-13/h9H,5-6,8,15H2,1-4H3,(H,16,19). The number of likely N-dealkylation sites (N-methyl/N-ethyl adjacent to an activating group) is 1. The van der Waals surface area contributed by atoms with Crippen LogP contribution in [0.4, 0.5) is 0 Å². The summed E-state index contributed by atoms with van der Waals surface area (Å²) in [4.78, 5) is 25.0. The first-order valence-corrected chi connectivity index (χ1v) is 6.31. The van der Waals surface area contributed by atoms with E-state index in [2.05, 4.69) is 5.32 Å². The molecule has 2 atom stereocenters. The molecule has 2 unspecified atom stereocenters. The fraction of sp³-hybridized carbons (Fsp3) is 0.769. The van der Waals surface area contributed by atoms with Gasteiger partial charge in [0.2, 0.25) is 11.8 Å². The van der Waals surface area contributed by atoms with Crippen molar-refractivity contribution in [3.05, 3.63) is 0 Å². The summed E-state index contributed by atoms with van der Waals surface area (Å²) >= 11 is 0. The zero-order valence-electron chi connectivity index (χ0n) is 12.0. The second-order valence-corrected chi connectivity index (χ2v) is 6.48. The maximum absolute atomic E-state index is 12.0. The van der Waals surface area contributed by atoms with E-state index < -0.39 is 11.6 Å². The summed E-state index contributed by atoms with van der Waals surface area (Å²) in [6.07, 6.45) is 0.526. The van der Waals surface area contributed by atoms with Crippen LogP contribution in [0.5, 0.6) is 0 Å². The summed E-state index contributed by atoms with van der Waals surface area (Å²) in [5, 5.41) is 11.9. The van der Waals surface area contributed by atoms with Gasteiger partial charge in [-0.2, -0.15) is 5.26 Å². The van der Waals surface area contributed by atoms with Gasteiger partial charge >= 0.3 is 0 Å². The van der Waals surface area contributed by atoms with Crippen molar-refractivity contribution in [3.8, 4) is 6.07 Å². The third-order valence-electron chi connectivity index (χ3n) is 3.13. The van der Waals surface area contributed by atoms with Crippen molar-refractivity contribution in [2.24, 2.45) is 11.1 Å². The molecule has 0 spiro atoms. The molecule has 1 saturated heterocycles. The highest BCUT2D eigenvalue weighted by Crippen LogP contribution is 2.23. The molecular weight excluding hydrogens is 244 g/mol. The van der Waals surface area contributed by atoms with Gasteiger partial charge in [-0.3, -0.25) is 9.59 Å². The Labute approximate surface area is 113 Å². The van der Waals surface area contributed by atoms with Crippen molar-refractivity contribution in [1.29, 1.82) is 5.26 Å². The second-order valence-electron chi connectivity index (χ2n) is 6.48. The molecule has 0 saturated carbocycles. The van der Waals surface area contributed by atoms with E-state index in [4.69, 9.17) is 5.73 Å². The van der Waals surface area contributed by atoms with Crippen molar-refractivity contribution in [2.75, 3.05) is 13.6 Å². The number of nitrogens with two attached hydrogens (primary N) is 1. The summed E-state index contributed by atoms with van der Waals surface area (Å²) in [7, 11) is 1.61. The van der Waals surface area contributed by atoms with Crippen LogP contribution in [0.1, 0.15) is 33.6 Å². The van der Waals surface area contributed by atoms with E-state index in [0.29, 0.717) is 6.42 Å². The Morgan fingerprint density at radius 3 is 2.58 bits per heavy atom. The summed E-state index contributed by atoms with van der Waals surface area (Å²) < 4.78 is 0. The fourth-order valence-electron chi connectivity index (χ4n) is 2.21. The van der Waals surface area contributed by atoms with E-state index >= 15 is 0 Å². The van der Waals surface area contributed by atoms with Gasteiger partial charge in [0, 0.05) is 7.05 Å². The first-order valence-electron chi connectivity index (χ1n) is 6.31. The van der Waals surface area contributed by atoms with Crippen LogP contribution >= 0.6 is 0 Å². The molecule has 19 heavy (non-hydrogen) atoms. The molecule has 1 fully saturated rings. The quantitative estimate of drug-likeness (QED) is 0.750. The van der Waals surface area contributed by atoms with Crippen LogP contribution in [0.15, 0.2) is 0 Å². The van der Waals surface area contributed by atoms with E-state index in [-0.39, 0.29) is 30.2 Å². The monoisotopic (exact) mass is 266 g/mol. The van der Waals surface area contributed by atoms with Crippen LogP contribution < -0.4 is 11.1 Å². The smallest absolute Gasteiger partial charge is 0.238 e. The van der Waals surface area contributed by atoms with Crippen LogP contribution in [0.3, 0.4) is 0 Å². The van der Waals surface area contributed by atoms with Gasteiger partial charge in [0.25, 0.3) is 0 Å². The number of hydrogen-bond acceptors (Lipinski definition) is 4. The average Bonchev–Trinajstić information content (AvgIpc) is 2.52. The number of nitrogens with one attached hydrogen (secondary N) is 1. The summed E-state index contributed by atoms with van der Waals surface area (Å²) in [6.45, 7) is 6.18. The van der Waals surface area contributed by atoms with Crippen LogP contribution in [-0.2, 0) is 9.59 Å². The molecule has 0 radical (unpaired) electrons. The lowest BCUT2D eigenvalue weighted by molar-refractivity contribution is -0.126. The lowest BCUT2D eigenvalue weighted by Crippen LogP contribution is -2.54. The van der Waals surface area contributed by atoms with Crippen molar-refractivity contribution in [2.45, 2.75) is 45.2 Å². The molecule has 0 aliphatic carbocycles. The predicted octanol–water partition coefficient (Wildman–Crippen LogP) is -0.00942. The van der Waals surface area contributed by atoms with Gasteiger partial charge in [0.05, 0.1) is 25.1 Å². The molecular formula is C13H22N4O2. The number of nitrogens with zero attached hydrogens (tertiary/aromatic N) is 2. The maximum atomic E-state index is 12.0. The highest BCUT2D eigenvalue weighted by molar-refractivity contribution is 5.86. The van der Waals surface area contributed by atoms with Gasteiger partial charge in [0.1, 0.15) is 0 Å². The van der Waals surface area contributed by atoms with E-state index in [9.17, 15) is 14.9 Å². The first kappa shape index (κ1) is 15.4. The highest BCUT2D eigenvalue weighted by atomic mass is 16.2. The number of rotatable bonds is 3. The number of likely N-dealkylation sites (tertiary alicyclic amines) is 1. The van der Waals surface area contributed by atoms with Gasteiger partial charge in [-0.15, -0.1) is 0 Å². The third kappa shape index (κ3) is 3.93. The molecule has 3 N–H and O–H groups in total. The molecule has 106 valence electrons. The number of hydrogen-bond donors (Lipinski definition) is 2. The lowest BCUT2D eigenvalue weighted by atomic mass is 9.87. The largest absolute Gasteiger partial charge is 0.342 e. The average molecular weight is 266 g/mol. The number of nitriles is 1. The molecule has 0 bridgehead atoms. The summed E-state index contributed by atoms with van der Waals surface area (Å²) in [5.74, 6) is -0.522. The second kappa shape index (κ2) is 5.17. The Kier molecular flexibility index (Phi) is 4.21. The van der Waals surface area contributed by atoms with E-state index in [0.717, 1.165) is 0 Å². The van der Waals surface area contributed by atoms with E-state index in [1.807, 2.05) is 26.8 Å². The van der Waals surface area contributed by atoms with Gasteiger partial charge in [0.15, 0.2) is 5.54 Å². The van der Waals surface area contributed by atoms with Gasteiger partial charge in [-0.1, -0.05) is 20.8 Å². The summed E-state index contributed by atoms with van der Waals surface area (Å²) in [5.41, 5.74) is 4.63. The van der Waals surface area contributed by atoms with Crippen molar-refractivity contribution in [3.63, 3.8) is 0 Å². The van der Waals surface area contributed by atoms with Crippen molar-refractivity contribution < 1.29 is 9.59 Å². The molecule has 1 aliphatic heterocycles. The maximum Gasteiger partial charge on any atom is 0.238 e. The number of carbonyl (C=O) groups excluding carboxylic acids is 2. The van der Waals surface area contributed by atoms with Crippen molar-refractivity contribution in [1.82, 2.24) is 10.2 Å². The molecule has 1 rings (SSSR count).